The van der Waals surface area contributed by atoms with Gasteiger partial charge in [0.05, 0.1) is 23.8 Å². The van der Waals surface area contributed by atoms with Gasteiger partial charge in [0.15, 0.2) is 6.29 Å². The smallest absolute Gasteiger partial charge is 0.151 e. The van der Waals surface area contributed by atoms with Gasteiger partial charge >= 0.3 is 0 Å². The van der Waals surface area contributed by atoms with Crippen molar-refractivity contribution in [3.8, 4) is 0 Å². The lowest BCUT2D eigenvalue weighted by molar-refractivity contribution is -0.0876. The fourth-order valence-electron chi connectivity index (χ4n) is 0.777. The summed E-state index contributed by atoms with van der Waals surface area (Å²) in [5, 5.41) is 12.8. The van der Waals surface area contributed by atoms with Crippen LogP contribution in [0.5, 0.6) is 0 Å². The van der Waals surface area contributed by atoms with E-state index < -0.39 is 6.29 Å². The summed E-state index contributed by atoms with van der Waals surface area (Å²) in [5.74, 6) is 0. The zero-order valence-electron chi connectivity index (χ0n) is 6.77. The van der Waals surface area contributed by atoms with Gasteiger partial charge < -0.3 is 9.84 Å². The third-order valence-corrected chi connectivity index (χ3v) is 1.69. The molecule has 1 rings (SSSR count). The Morgan fingerprint density at radius 3 is 3.08 bits per heavy atom. The summed E-state index contributed by atoms with van der Waals surface area (Å²) in [7, 11) is 0. The van der Waals surface area contributed by atoms with Crippen molar-refractivity contribution in [3.63, 3.8) is 0 Å². The Balaban J connectivity index is 2.24. The highest BCUT2D eigenvalue weighted by Gasteiger charge is 1.96. The van der Waals surface area contributed by atoms with E-state index in [4.69, 9.17) is 9.84 Å². The molecule has 4 nitrogen and oxygen atoms in total. The second-order valence-corrected chi connectivity index (χ2v) is 3.31. The molecule has 0 saturated carbocycles. The van der Waals surface area contributed by atoms with Crippen molar-refractivity contribution in [1.29, 1.82) is 0 Å². The van der Waals surface area contributed by atoms with Crippen LogP contribution in [-0.4, -0.2) is 27.8 Å². The van der Waals surface area contributed by atoms with E-state index in [2.05, 4.69) is 21.0 Å². The third kappa shape index (κ3) is 3.34. The topological polar surface area (TPSA) is 47.3 Å². The Morgan fingerprint density at radius 2 is 2.58 bits per heavy atom. The first-order valence-electron chi connectivity index (χ1n) is 3.66. The lowest BCUT2D eigenvalue weighted by Crippen LogP contribution is -2.12. The molecule has 0 aliphatic heterocycles. The van der Waals surface area contributed by atoms with Gasteiger partial charge in [0.1, 0.15) is 0 Å². The highest BCUT2D eigenvalue weighted by Crippen LogP contribution is 2.05. The van der Waals surface area contributed by atoms with Crippen molar-refractivity contribution in [2.75, 3.05) is 6.61 Å². The molecule has 0 spiro atoms. The molecule has 0 bridgehead atoms. The van der Waals surface area contributed by atoms with Crippen LogP contribution in [0.3, 0.4) is 0 Å². The van der Waals surface area contributed by atoms with Gasteiger partial charge in [-0.1, -0.05) is 0 Å². The van der Waals surface area contributed by atoms with Gasteiger partial charge in [-0.25, -0.2) is 0 Å². The van der Waals surface area contributed by atoms with Crippen molar-refractivity contribution in [2.45, 2.75) is 19.8 Å². The Kier molecular flexibility index (Phi) is 3.71. The summed E-state index contributed by atoms with van der Waals surface area (Å²) in [6.45, 7) is 2.70. The maximum atomic E-state index is 8.77. The van der Waals surface area contributed by atoms with Gasteiger partial charge in [-0.15, -0.1) is 0 Å². The Morgan fingerprint density at radius 1 is 1.83 bits per heavy atom. The van der Waals surface area contributed by atoms with Crippen molar-refractivity contribution in [1.82, 2.24) is 9.78 Å². The van der Waals surface area contributed by atoms with Gasteiger partial charge in [0.25, 0.3) is 0 Å². The molecule has 0 aliphatic rings. The predicted molar refractivity (Wildman–Crippen MR) is 47.6 cm³/mol. The Hall–Kier alpha value is -0.390. The Bertz CT molecular complexity index is 237. The number of hydrogen-bond donors (Lipinski definition) is 1. The standard InChI is InChI=1S/C7H11BrN2O2/c1-6(11)12-3-2-10-5-7(8)4-9-10/h4-6,11H,2-3H2,1H3. The van der Waals surface area contributed by atoms with Gasteiger partial charge in [-0.2, -0.15) is 5.10 Å². The average molecular weight is 235 g/mol. The molecule has 5 heteroatoms. The van der Waals surface area contributed by atoms with Crippen LogP contribution >= 0.6 is 15.9 Å². The largest absolute Gasteiger partial charge is 0.368 e. The lowest BCUT2D eigenvalue weighted by atomic mass is 10.6. The first-order chi connectivity index (χ1) is 5.68. The molecule has 1 N–H and O–H groups in total. The number of halogens is 1. The van der Waals surface area contributed by atoms with E-state index in [1.54, 1.807) is 17.8 Å². The van der Waals surface area contributed by atoms with Gasteiger partial charge in [-0.3, -0.25) is 4.68 Å². The fourth-order valence-corrected chi connectivity index (χ4v) is 1.11. The number of ether oxygens (including phenoxy) is 1. The molecule has 0 aromatic carbocycles. The first-order valence-corrected chi connectivity index (χ1v) is 4.45. The zero-order chi connectivity index (χ0) is 8.97. The minimum absolute atomic E-state index is 0.464. The van der Waals surface area contributed by atoms with Crippen LogP contribution in [0.2, 0.25) is 0 Å². The minimum atomic E-state index is -0.705. The molecular weight excluding hydrogens is 224 g/mol. The normalized spacial score (nSPS) is 13.2. The number of aliphatic hydroxyl groups is 1. The maximum absolute atomic E-state index is 8.77. The first kappa shape index (κ1) is 9.70. The van der Waals surface area contributed by atoms with Gasteiger partial charge in [-0.05, 0) is 22.9 Å². The number of rotatable bonds is 4. The molecule has 0 aliphatic carbocycles. The number of hydrogen-bond acceptors (Lipinski definition) is 3. The summed E-state index contributed by atoms with van der Waals surface area (Å²) in [6.07, 6.45) is 2.86. The van der Waals surface area contributed by atoms with Gasteiger partial charge in [0.2, 0.25) is 0 Å². The van der Waals surface area contributed by atoms with Crippen LogP contribution in [-0.2, 0) is 11.3 Å². The molecule has 0 saturated heterocycles. The summed E-state index contributed by atoms with van der Waals surface area (Å²) < 4.78 is 7.62. The molecule has 1 heterocycles. The Labute approximate surface area is 79.3 Å². The molecule has 12 heavy (non-hydrogen) atoms. The lowest BCUT2D eigenvalue weighted by Gasteiger charge is -2.05. The molecule has 1 unspecified atom stereocenters. The van der Waals surface area contributed by atoms with Crippen molar-refractivity contribution in [2.24, 2.45) is 0 Å². The highest BCUT2D eigenvalue weighted by atomic mass is 79.9. The third-order valence-electron chi connectivity index (χ3n) is 1.28. The van der Waals surface area contributed by atoms with E-state index in [1.165, 1.54) is 0 Å². The van der Waals surface area contributed by atoms with E-state index in [0.29, 0.717) is 13.2 Å². The summed E-state index contributed by atoms with van der Waals surface area (Å²) in [5.41, 5.74) is 0. The molecule has 0 fully saturated rings. The quantitative estimate of drug-likeness (QED) is 0.792. The molecule has 1 aromatic heterocycles. The van der Waals surface area contributed by atoms with Crippen LogP contribution < -0.4 is 0 Å². The molecule has 0 amide bonds. The summed E-state index contributed by atoms with van der Waals surface area (Å²) in [4.78, 5) is 0. The SMILES string of the molecule is CC(O)OCCn1cc(Br)cn1. The van der Waals surface area contributed by atoms with Crippen molar-refractivity contribution >= 4 is 15.9 Å². The van der Waals surface area contributed by atoms with E-state index in [1.807, 2.05) is 6.20 Å². The molecule has 0 radical (unpaired) electrons. The summed E-state index contributed by atoms with van der Waals surface area (Å²) >= 11 is 3.28. The second-order valence-electron chi connectivity index (χ2n) is 2.39. The monoisotopic (exact) mass is 234 g/mol. The number of aliphatic hydroxyl groups excluding tert-OH is 1. The van der Waals surface area contributed by atoms with E-state index in [9.17, 15) is 0 Å². The van der Waals surface area contributed by atoms with Crippen LogP contribution in [0, 0.1) is 0 Å². The average Bonchev–Trinajstić information content (AvgIpc) is 2.35. The van der Waals surface area contributed by atoms with Crippen LogP contribution in [0.25, 0.3) is 0 Å². The highest BCUT2D eigenvalue weighted by molar-refractivity contribution is 9.10. The zero-order valence-corrected chi connectivity index (χ0v) is 8.36. The van der Waals surface area contributed by atoms with Crippen molar-refractivity contribution < 1.29 is 9.84 Å². The van der Waals surface area contributed by atoms with Crippen LogP contribution in [0.4, 0.5) is 0 Å². The molecule has 1 atom stereocenters. The fraction of sp³-hybridized carbons (Fsp3) is 0.571. The van der Waals surface area contributed by atoms with Gasteiger partial charge in [0, 0.05) is 6.20 Å². The second kappa shape index (κ2) is 4.59. The van der Waals surface area contributed by atoms with E-state index >= 15 is 0 Å². The number of aromatic nitrogens is 2. The predicted octanol–water partition coefficient (Wildman–Crippen LogP) is 1.00. The van der Waals surface area contributed by atoms with Crippen molar-refractivity contribution in [3.05, 3.63) is 16.9 Å². The van der Waals surface area contributed by atoms with E-state index in [-0.39, 0.29) is 0 Å². The molecular formula is C7H11BrN2O2. The van der Waals surface area contributed by atoms with E-state index in [0.717, 1.165) is 4.47 Å². The van der Waals surface area contributed by atoms with Crippen LogP contribution in [0.15, 0.2) is 16.9 Å². The minimum Gasteiger partial charge on any atom is -0.368 e. The number of nitrogens with zero attached hydrogens (tertiary/aromatic N) is 2. The maximum Gasteiger partial charge on any atom is 0.151 e. The molecule has 1 aromatic rings. The van der Waals surface area contributed by atoms with Crippen LogP contribution in [0.1, 0.15) is 6.92 Å². The summed E-state index contributed by atoms with van der Waals surface area (Å²) in [6, 6.07) is 0. The molecule has 68 valence electrons.